The van der Waals surface area contributed by atoms with Crippen LogP contribution in [-0.2, 0) is 9.53 Å². The number of ether oxygens (including phenoxy) is 3. The first-order valence-corrected chi connectivity index (χ1v) is 8.34. The Balaban J connectivity index is 1.90. The van der Waals surface area contributed by atoms with Crippen molar-refractivity contribution in [1.82, 2.24) is 10.2 Å². The molecule has 134 valence electrons. The molecule has 1 fully saturated rings. The number of carbonyl (C=O) groups is 1. The molecular weight excluding hydrogens is 308 g/mol. The summed E-state index contributed by atoms with van der Waals surface area (Å²) in [6, 6.07) is 7.51. The summed E-state index contributed by atoms with van der Waals surface area (Å²) in [6.45, 7) is 3.10. The summed E-state index contributed by atoms with van der Waals surface area (Å²) in [7, 11) is 5.10. The third kappa shape index (κ3) is 4.39. The van der Waals surface area contributed by atoms with Crippen LogP contribution in [-0.4, -0.2) is 64.9 Å². The van der Waals surface area contributed by atoms with Gasteiger partial charge in [0.2, 0.25) is 5.91 Å². The molecule has 0 atom stereocenters. The van der Waals surface area contributed by atoms with Gasteiger partial charge in [-0.3, -0.25) is 4.79 Å². The molecule has 1 aromatic carbocycles. The van der Waals surface area contributed by atoms with Gasteiger partial charge >= 0.3 is 0 Å². The van der Waals surface area contributed by atoms with Crippen LogP contribution >= 0.6 is 0 Å². The second kappa shape index (κ2) is 8.89. The van der Waals surface area contributed by atoms with E-state index in [1.807, 2.05) is 31.3 Å². The molecule has 0 saturated carbocycles. The average molecular weight is 336 g/mol. The van der Waals surface area contributed by atoms with Gasteiger partial charge < -0.3 is 24.4 Å². The van der Waals surface area contributed by atoms with Crippen LogP contribution < -0.4 is 14.8 Å². The summed E-state index contributed by atoms with van der Waals surface area (Å²) < 4.78 is 16.4. The fourth-order valence-electron chi connectivity index (χ4n) is 3.14. The van der Waals surface area contributed by atoms with Crippen molar-refractivity contribution in [2.24, 2.45) is 5.41 Å². The number of rotatable bonds is 8. The number of likely N-dealkylation sites (N-methyl/N-ethyl adjacent to an activating group) is 1. The largest absolute Gasteiger partial charge is 0.493 e. The van der Waals surface area contributed by atoms with Crippen LogP contribution in [0.2, 0.25) is 0 Å². The average Bonchev–Trinajstić information content (AvgIpc) is 2.62. The first-order valence-electron chi connectivity index (χ1n) is 8.34. The van der Waals surface area contributed by atoms with Crippen molar-refractivity contribution in [3.05, 3.63) is 24.3 Å². The van der Waals surface area contributed by atoms with E-state index in [1.165, 1.54) is 0 Å². The minimum absolute atomic E-state index is 0.134. The smallest absolute Gasteiger partial charge is 0.231 e. The molecular formula is C18H28N2O4. The third-order valence-electron chi connectivity index (χ3n) is 4.54. The van der Waals surface area contributed by atoms with Crippen LogP contribution in [0.4, 0.5) is 0 Å². The second-order valence-electron chi connectivity index (χ2n) is 6.19. The fraction of sp³-hybridized carbons (Fsp3) is 0.611. The van der Waals surface area contributed by atoms with Gasteiger partial charge in [-0.15, -0.1) is 0 Å². The number of nitrogens with one attached hydrogen (secondary N) is 1. The Morgan fingerprint density at radius 1 is 1.21 bits per heavy atom. The lowest BCUT2D eigenvalue weighted by Crippen LogP contribution is -2.51. The van der Waals surface area contributed by atoms with Gasteiger partial charge in [-0.25, -0.2) is 0 Å². The Bertz CT molecular complexity index is 524. The number of nitrogens with zero attached hydrogens (tertiary/aromatic N) is 1. The number of piperidine rings is 1. The predicted molar refractivity (Wildman–Crippen MR) is 92.5 cm³/mol. The van der Waals surface area contributed by atoms with Crippen LogP contribution in [0, 0.1) is 5.41 Å². The minimum atomic E-state index is -0.417. The normalized spacial score (nSPS) is 16.5. The highest BCUT2D eigenvalue weighted by Gasteiger charge is 2.41. The Labute approximate surface area is 144 Å². The maximum atomic E-state index is 12.9. The predicted octanol–water partition coefficient (Wildman–Crippen LogP) is 1.55. The Hall–Kier alpha value is -1.79. The molecule has 0 radical (unpaired) electrons. The molecule has 1 saturated heterocycles. The maximum absolute atomic E-state index is 12.9. The van der Waals surface area contributed by atoms with Crippen LogP contribution in [0.15, 0.2) is 24.3 Å². The lowest BCUT2D eigenvalue weighted by molar-refractivity contribution is -0.146. The fourth-order valence-corrected chi connectivity index (χ4v) is 3.14. The van der Waals surface area contributed by atoms with Crippen molar-refractivity contribution in [3.63, 3.8) is 0 Å². The lowest BCUT2D eigenvalue weighted by atomic mass is 9.78. The van der Waals surface area contributed by atoms with Crippen molar-refractivity contribution >= 4 is 5.91 Å². The number of hydrogen-bond donors (Lipinski definition) is 1. The van der Waals surface area contributed by atoms with Crippen molar-refractivity contribution in [2.45, 2.75) is 12.8 Å². The van der Waals surface area contributed by atoms with Gasteiger partial charge in [-0.1, -0.05) is 12.1 Å². The van der Waals surface area contributed by atoms with E-state index >= 15 is 0 Å². The summed E-state index contributed by atoms with van der Waals surface area (Å²) in [4.78, 5) is 14.7. The highest BCUT2D eigenvalue weighted by molar-refractivity contribution is 5.83. The van der Waals surface area contributed by atoms with E-state index in [1.54, 1.807) is 19.1 Å². The maximum Gasteiger partial charge on any atom is 0.231 e. The summed E-state index contributed by atoms with van der Waals surface area (Å²) in [5.41, 5.74) is -0.417. The summed E-state index contributed by atoms with van der Waals surface area (Å²) in [6.07, 6.45) is 1.61. The SMILES string of the molecule is COCC1(C(=O)N(C)CCOc2ccccc2OC)CCNCC1. The van der Waals surface area contributed by atoms with E-state index in [0.717, 1.165) is 25.9 Å². The van der Waals surface area contributed by atoms with Gasteiger partial charge in [-0.05, 0) is 38.1 Å². The van der Waals surface area contributed by atoms with Crippen molar-refractivity contribution in [2.75, 3.05) is 54.1 Å². The van der Waals surface area contributed by atoms with Crippen LogP contribution in [0.25, 0.3) is 0 Å². The minimum Gasteiger partial charge on any atom is -0.493 e. The summed E-state index contributed by atoms with van der Waals surface area (Å²) >= 11 is 0. The highest BCUT2D eigenvalue weighted by Crippen LogP contribution is 2.31. The zero-order valence-electron chi connectivity index (χ0n) is 14.8. The first-order chi connectivity index (χ1) is 11.6. The van der Waals surface area contributed by atoms with E-state index in [9.17, 15) is 4.79 Å². The number of para-hydroxylation sites is 2. The van der Waals surface area contributed by atoms with Gasteiger partial charge in [0.1, 0.15) is 6.61 Å². The van der Waals surface area contributed by atoms with Gasteiger partial charge in [0, 0.05) is 14.2 Å². The standard InChI is InChI=1S/C18H28N2O4/c1-20(12-13-24-16-7-5-4-6-15(16)23-3)17(21)18(14-22-2)8-10-19-11-9-18/h4-7,19H,8-14H2,1-3H3. The van der Waals surface area contributed by atoms with Crippen LogP contribution in [0.3, 0.4) is 0 Å². The van der Waals surface area contributed by atoms with E-state index in [0.29, 0.717) is 31.3 Å². The number of amides is 1. The number of hydrogen-bond acceptors (Lipinski definition) is 5. The Morgan fingerprint density at radius 2 is 1.88 bits per heavy atom. The molecule has 6 heteroatoms. The zero-order chi connectivity index (χ0) is 17.4. The molecule has 0 spiro atoms. The van der Waals surface area contributed by atoms with Gasteiger partial charge in [0.05, 0.1) is 25.7 Å². The Morgan fingerprint density at radius 3 is 2.50 bits per heavy atom. The summed E-state index contributed by atoms with van der Waals surface area (Å²) in [5, 5.41) is 3.30. The van der Waals surface area contributed by atoms with E-state index in [-0.39, 0.29) is 5.91 Å². The van der Waals surface area contributed by atoms with Crippen molar-refractivity contribution in [3.8, 4) is 11.5 Å². The zero-order valence-corrected chi connectivity index (χ0v) is 14.8. The van der Waals surface area contributed by atoms with Crippen molar-refractivity contribution in [1.29, 1.82) is 0 Å². The third-order valence-corrected chi connectivity index (χ3v) is 4.54. The molecule has 1 aliphatic rings. The number of carbonyl (C=O) groups excluding carboxylic acids is 1. The van der Waals surface area contributed by atoms with E-state index in [4.69, 9.17) is 14.2 Å². The molecule has 24 heavy (non-hydrogen) atoms. The lowest BCUT2D eigenvalue weighted by Gasteiger charge is -2.38. The second-order valence-corrected chi connectivity index (χ2v) is 6.19. The molecule has 2 rings (SSSR count). The molecule has 1 heterocycles. The molecule has 0 aromatic heterocycles. The monoisotopic (exact) mass is 336 g/mol. The topological polar surface area (TPSA) is 60.0 Å². The summed E-state index contributed by atoms with van der Waals surface area (Å²) in [5.74, 6) is 1.52. The van der Waals surface area contributed by atoms with Crippen LogP contribution in [0.1, 0.15) is 12.8 Å². The number of methoxy groups -OCH3 is 2. The molecule has 1 N–H and O–H groups in total. The molecule has 1 amide bonds. The van der Waals surface area contributed by atoms with Gasteiger partial charge in [0.15, 0.2) is 11.5 Å². The van der Waals surface area contributed by atoms with Crippen molar-refractivity contribution < 1.29 is 19.0 Å². The quantitative estimate of drug-likeness (QED) is 0.780. The molecule has 6 nitrogen and oxygen atoms in total. The molecule has 0 unspecified atom stereocenters. The number of benzene rings is 1. The first kappa shape index (κ1) is 18.5. The van der Waals surface area contributed by atoms with Gasteiger partial charge in [-0.2, -0.15) is 0 Å². The highest BCUT2D eigenvalue weighted by atomic mass is 16.5. The Kier molecular flexibility index (Phi) is 6.87. The molecule has 0 aliphatic carbocycles. The van der Waals surface area contributed by atoms with Gasteiger partial charge in [0.25, 0.3) is 0 Å². The van der Waals surface area contributed by atoms with E-state index in [2.05, 4.69) is 5.32 Å². The van der Waals surface area contributed by atoms with Crippen LogP contribution in [0.5, 0.6) is 11.5 Å². The molecule has 1 aliphatic heterocycles. The van der Waals surface area contributed by atoms with E-state index < -0.39 is 5.41 Å². The molecule has 0 bridgehead atoms. The molecule has 1 aromatic rings.